The average molecular weight is 344 g/mol. The number of carbonyl (C=O) groups excluding carboxylic acids is 1. The third-order valence-corrected chi connectivity index (χ3v) is 2.87. The van der Waals surface area contributed by atoms with E-state index in [2.05, 4.69) is 36.6 Å². The topological polar surface area (TPSA) is 26.3 Å². The smallest absolute Gasteiger partial charge is 0.341 e. The molecule has 1 aromatic rings. The molecule has 0 aliphatic carbocycles. The highest BCUT2D eigenvalue weighted by Gasteiger charge is 2.20. The zero-order valence-electron chi connectivity index (χ0n) is 7.61. The van der Waals surface area contributed by atoms with Gasteiger partial charge in [-0.25, -0.2) is 13.6 Å². The number of halogens is 4. The lowest BCUT2D eigenvalue weighted by Gasteiger charge is -2.06. The standard InChI is InChI=1S/C9H6Br2F2O2/c1-2-15-9(14)4-3-5(10)8(13)6(11)7(4)12/h3H,2H2,1H3. The van der Waals surface area contributed by atoms with Crippen molar-refractivity contribution in [3.8, 4) is 0 Å². The first-order valence-corrected chi connectivity index (χ1v) is 5.57. The Labute approximate surface area is 102 Å². The van der Waals surface area contributed by atoms with E-state index in [4.69, 9.17) is 0 Å². The molecule has 0 heterocycles. The molecule has 0 aromatic heterocycles. The SMILES string of the molecule is CCOC(=O)c1cc(Br)c(F)c(Br)c1F. The van der Waals surface area contributed by atoms with Crippen LogP contribution in [0.15, 0.2) is 15.0 Å². The molecule has 0 amide bonds. The van der Waals surface area contributed by atoms with Crippen LogP contribution in [0.4, 0.5) is 8.78 Å². The molecule has 0 N–H and O–H groups in total. The average Bonchev–Trinajstić information content (AvgIpc) is 2.20. The van der Waals surface area contributed by atoms with Gasteiger partial charge < -0.3 is 4.74 Å². The quantitative estimate of drug-likeness (QED) is 0.465. The molecule has 1 rings (SSSR count). The van der Waals surface area contributed by atoms with Gasteiger partial charge in [0, 0.05) is 0 Å². The second-order valence-electron chi connectivity index (χ2n) is 2.57. The Bertz CT molecular complexity index is 408. The van der Waals surface area contributed by atoms with Gasteiger partial charge >= 0.3 is 5.97 Å². The number of hydrogen-bond donors (Lipinski definition) is 0. The Morgan fingerprint density at radius 2 is 2.00 bits per heavy atom. The molecule has 0 radical (unpaired) electrons. The van der Waals surface area contributed by atoms with Crippen LogP contribution >= 0.6 is 31.9 Å². The van der Waals surface area contributed by atoms with Crippen molar-refractivity contribution in [2.24, 2.45) is 0 Å². The van der Waals surface area contributed by atoms with Gasteiger partial charge in [-0.2, -0.15) is 0 Å². The molecular formula is C9H6Br2F2O2. The van der Waals surface area contributed by atoms with Crippen molar-refractivity contribution in [1.82, 2.24) is 0 Å². The summed E-state index contributed by atoms with van der Waals surface area (Å²) in [7, 11) is 0. The normalized spacial score (nSPS) is 10.2. The van der Waals surface area contributed by atoms with Crippen molar-refractivity contribution >= 4 is 37.8 Å². The van der Waals surface area contributed by atoms with Crippen LogP contribution in [-0.2, 0) is 4.74 Å². The third-order valence-electron chi connectivity index (χ3n) is 1.60. The first kappa shape index (κ1) is 12.6. The summed E-state index contributed by atoms with van der Waals surface area (Å²) < 4.78 is 30.8. The maximum atomic E-state index is 13.4. The summed E-state index contributed by atoms with van der Waals surface area (Å²) in [6.45, 7) is 1.73. The Morgan fingerprint density at radius 3 is 2.53 bits per heavy atom. The fraction of sp³-hybridized carbons (Fsp3) is 0.222. The van der Waals surface area contributed by atoms with Crippen molar-refractivity contribution in [2.45, 2.75) is 6.92 Å². The van der Waals surface area contributed by atoms with Gasteiger partial charge in [-0.3, -0.25) is 0 Å². The molecule has 0 fully saturated rings. The summed E-state index contributed by atoms with van der Waals surface area (Å²) in [4.78, 5) is 11.3. The molecule has 0 aliphatic rings. The van der Waals surface area contributed by atoms with E-state index in [0.717, 1.165) is 6.07 Å². The van der Waals surface area contributed by atoms with Crippen LogP contribution in [0.25, 0.3) is 0 Å². The molecule has 15 heavy (non-hydrogen) atoms. The molecular weight excluding hydrogens is 338 g/mol. The van der Waals surface area contributed by atoms with Gasteiger partial charge in [0.05, 0.1) is 21.1 Å². The van der Waals surface area contributed by atoms with Crippen LogP contribution in [0.1, 0.15) is 17.3 Å². The Kier molecular flexibility index (Phi) is 4.21. The molecule has 6 heteroatoms. The van der Waals surface area contributed by atoms with Gasteiger partial charge in [-0.1, -0.05) is 0 Å². The van der Waals surface area contributed by atoms with Crippen LogP contribution in [0.3, 0.4) is 0 Å². The van der Waals surface area contributed by atoms with Crippen LogP contribution in [0, 0.1) is 11.6 Å². The Morgan fingerprint density at radius 1 is 1.40 bits per heavy atom. The molecule has 0 spiro atoms. The van der Waals surface area contributed by atoms with Crippen molar-refractivity contribution in [3.63, 3.8) is 0 Å². The van der Waals surface area contributed by atoms with E-state index in [1.54, 1.807) is 6.92 Å². The fourth-order valence-corrected chi connectivity index (χ4v) is 2.05. The lowest BCUT2D eigenvalue weighted by Crippen LogP contribution is -2.08. The monoisotopic (exact) mass is 342 g/mol. The van der Waals surface area contributed by atoms with E-state index in [9.17, 15) is 13.6 Å². The van der Waals surface area contributed by atoms with Gasteiger partial charge in [0.1, 0.15) is 0 Å². The molecule has 0 atom stereocenters. The maximum absolute atomic E-state index is 13.4. The van der Waals surface area contributed by atoms with Gasteiger partial charge in [0.2, 0.25) is 0 Å². The molecule has 2 nitrogen and oxygen atoms in total. The number of ether oxygens (including phenoxy) is 1. The van der Waals surface area contributed by atoms with Gasteiger partial charge in [-0.15, -0.1) is 0 Å². The highest BCUT2D eigenvalue weighted by molar-refractivity contribution is 9.11. The number of carbonyl (C=O) groups is 1. The maximum Gasteiger partial charge on any atom is 0.341 e. The lowest BCUT2D eigenvalue weighted by molar-refractivity contribution is 0.0520. The van der Waals surface area contributed by atoms with Gasteiger partial charge in [0.15, 0.2) is 11.6 Å². The number of hydrogen-bond acceptors (Lipinski definition) is 2. The second kappa shape index (κ2) is 5.03. The van der Waals surface area contributed by atoms with E-state index >= 15 is 0 Å². The predicted molar refractivity (Wildman–Crippen MR) is 57.7 cm³/mol. The van der Waals surface area contributed by atoms with E-state index in [0.29, 0.717) is 0 Å². The highest BCUT2D eigenvalue weighted by Crippen LogP contribution is 2.29. The first-order valence-electron chi connectivity index (χ1n) is 3.99. The minimum absolute atomic E-state index is 0.00109. The first-order chi connectivity index (χ1) is 6.99. The van der Waals surface area contributed by atoms with E-state index in [1.165, 1.54) is 0 Å². The lowest BCUT2D eigenvalue weighted by atomic mass is 10.2. The van der Waals surface area contributed by atoms with Crippen LogP contribution < -0.4 is 0 Å². The van der Waals surface area contributed by atoms with E-state index in [-0.39, 0.29) is 21.1 Å². The molecule has 0 saturated heterocycles. The molecule has 1 aromatic carbocycles. The van der Waals surface area contributed by atoms with Crippen molar-refractivity contribution < 1.29 is 18.3 Å². The molecule has 0 saturated carbocycles. The van der Waals surface area contributed by atoms with Gasteiger partial charge in [0.25, 0.3) is 0 Å². The number of benzene rings is 1. The van der Waals surface area contributed by atoms with Crippen molar-refractivity contribution in [3.05, 3.63) is 32.2 Å². The summed E-state index contributed by atoms with van der Waals surface area (Å²) >= 11 is 5.58. The van der Waals surface area contributed by atoms with Crippen molar-refractivity contribution in [1.29, 1.82) is 0 Å². The van der Waals surface area contributed by atoms with Crippen LogP contribution in [-0.4, -0.2) is 12.6 Å². The summed E-state index contributed by atoms with van der Waals surface area (Å²) in [5, 5.41) is 0. The van der Waals surface area contributed by atoms with Gasteiger partial charge in [-0.05, 0) is 44.8 Å². The predicted octanol–water partition coefficient (Wildman–Crippen LogP) is 3.67. The minimum Gasteiger partial charge on any atom is -0.462 e. The second-order valence-corrected chi connectivity index (χ2v) is 4.22. The molecule has 0 aliphatic heterocycles. The molecule has 0 bridgehead atoms. The summed E-state index contributed by atoms with van der Waals surface area (Å²) in [5.41, 5.74) is -0.308. The Balaban J connectivity index is 3.26. The number of esters is 1. The zero-order chi connectivity index (χ0) is 11.6. The summed E-state index contributed by atoms with van der Waals surface area (Å²) in [5.74, 6) is -2.58. The summed E-state index contributed by atoms with van der Waals surface area (Å²) in [6, 6.07) is 1.05. The van der Waals surface area contributed by atoms with Crippen LogP contribution in [0.5, 0.6) is 0 Å². The van der Waals surface area contributed by atoms with Crippen LogP contribution in [0.2, 0.25) is 0 Å². The molecule has 0 unspecified atom stereocenters. The fourth-order valence-electron chi connectivity index (χ4n) is 0.930. The van der Waals surface area contributed by atoms with Crippen molar-refractivity contribution in [2.75, 3.05) is 6.61 Å². The Hall–Kier alpha value is -0.490. The number of rotatable bonds is 2. The third kappa shape index (κ3) is 2.55. The zero-order valence-corrected chi connectivity index (χ0v) is 10.8. The van der Waals surface area contributed by atoms with E-state index in [1.807, 2.05) is 0 Å². The minimum atomic E-state index is -0.964. The van der Waals surface area contributed by atoms with E-state index < -0.39 is 17.6 Å². The molecule has 82 valence electrons. The largest absolute Gasteiger partial charge is 0.462 e. The highest BCUT2D eigenvalue weighted by atomic mass is 79.9. The summed E-state index contributed by atoms with van der Waals surface area (Å²) in [6.07, 6.45) is 0.